The maximum Gasteiger partial charge on any atom is 0.412 e. The van der Waals surface area contributed by atoms with Gasteiger partial charge in [-0.15, -0.1) is 0 Å². The minimum atomic E-state index is -0.874. The maximum atomic E-state index is 13.9. The second kappa shape index (κ2) is 11.4. The van der Waals surface area contributed by atoms with Crippen LogP contribution >= 0.6 is 12.6 Å². The molecule has 2 aromatic rings. The van der Waals surface area contributed by atoms with Crippen molar-refractivity contribution in [3.05, 3.63) is 59.4 Å². The Bertz CT molecular complexity index is 934. The van der Waals surface area contributed by atoms with Gasteiger partial charge in [0.15, 0.2) is 17.3 Å². The molecule has 0 aliphatic heterocycles. The third kappa shape index (κ3) is 7.29. The highest BCUT2D eigenvalue weighted by atomic mass is 32.1. The third-order valence-corrected chi connectivity index (χ3v) is 4.81. The number of carbonyl (C=O) groups excluding carboxylic acids is 3. The molecule has 2 rings (SSSR count). The molecule has 0 aliphatic carbocycles. The van der Waals surface area contributed by atoms with E-state index < -0.39 is 29.7 Å². The Morgan fingerprint density at radius 1 is 1.16 bits per heavy atom. The van der Waals surface area contributed by atoms with E-state index in [4.69, 9.17) is 9.47 Å². The fourth-order valence-electron chi connectivity index (χ4n) is 2.82. The summed E-state index contributed by atoms with van der Waals surface area (Å²) in [6.07, 6.45) is -1.32. The molecule has 31 heavy (non-hydrogen) atoms. The summed E-state index contributed by atoms with van der Waals surface area (Å²) in [5.74, 6) is -2.34. The van der Waals surface area contributed by atoms with Gasteiger partial charge in [0.25, 0.3) is 0 Å². The number of carbonyl (C=O) groups is 3. The molecular weight excluding hydrogens is 425 g/mol. The molecule has 0 saturated carbocycles. The fraction of sp³-hybridized carbons (Fsp3) is 0.318. The molecule has 2 aromatic carbocycles. The molecule has 0 heterocycles. The van der Waals surface area contributed by atoms with Gasteiger partial charge in [-0.1, -0.05) is 13.0 Å². The number of phenols is 1. The van der Waals surface area contributed by atoms with E-state index in [9.17, 15) is 23.9 Å². The van der Waals surface area contributed by atoms with E-state index in [0.717, 1.165) is 6.07 Å². The highest BCUT2D eigenvalue weighted by molar-refractivity contribution is 7.81. The second-order valence-electron chi connectivity index (χ2n) is 6.94. The number of ketones is 1. The van der Waals surface area contributed by atoms with Crippen molar-refractivity contribution in [2.45, 2.75) is 26.4 Å². The van der Waals surface area contributed by atoms with Gasteiger partial charge in [-0.3, -0.25) is 14.9 Å². The zero-order valence-corrected chi connectivity index (χ0v) is 18.0. The zero-order chi connectivity index (χ0) is 23.0. The number of halogens is 1. The van der Waals surface area contributed by atoms with Gasteiger partial charge in [-0.05, 0) is 55.3 Å². The van der Waals surface area contributed by atoms with Crippen LogP contribution in [-0.2, 0) is 14.3 Å². The van der Waals surface area contributed by atoms with Crippen LogP contribution < -0.4 is 5.32 Å². The van der Waals surface area contributed by atoms with Crippen molar-refractivity contribution in [1.29, 1.82) is 0 Å². The molecule has 0 unspecified atom stereocenters. The van der Waals surface area contributed by atoms with Crippen molar-refractivity contribution < 1.29 is 33.4 Å². The van der Waals surface area contributed by atoms with E-state index in [1.165, 1.54) is 19.1 Å². The summed E-state index contributed by atoms with van der Waals surface area (Å²) < 4.78 is 24.4. The smallest absolute Gasteiger partial charge is 0.412 e. The topological polar surface area (TPSA) is 102 Å². The van der Waals surface area contributed by atoms with E-state index in [-0.39, 0.29) is 24.1 Å². The van der Waals surface area contributed by atoms with E-state index >= 15 is 0 Å². The standard InChI is InChI=1S/C22H24FNO6S/c1-13(9-10-29-20(27)12-31)21(16-5-8-19(26)18(23)11-16)30-22(28)24-17-6-3-15(4-7-17)14(2)25/h3-8,11,13,21,26,31H,9-10,12H2,1-2H3,(H,24,28)/t13-,21-/m1/s1. The molecule has 0 aliphatic rings. The first-order chi connectivity index (χ1) is 14.7. The molecule has 0 saturated heterocycles. The molecule has 0 bridgehead atoms. The summed E-state index contributed by atoms with van der Waals surface area (Å²) >= 11 is 3.83. The number of nitrogens with one attached hydrogen (secondary N) is 1. The quantitative estimate of drug-likeness (QED) is 0.296. The minimum absolute atomic E-state index is 0.0533. The molecule has 0 fully saturated rings. The first kappa shape index (κ1) is 24.2. The highest BCUT2D eigenvalue weighted by Gasteiger charge is 2.25. The Hall–Kier alpha value is -3.07. The van der Waals surface area contributed by atoms with Crippen molar-refractivity contribution in [1.82, 2.24) is 0 Å². The number of anilines is 1. The highest BCUT2D eigenvalue weighted by Crippen LogP contribution is 2.31. The van der Waals surface area contributed by atoms with E-state index in [0.29, 0.717) is 23.2 Å². The normalized spacial score (nSPS) is 12.5. The first-order valence-electron chi connectivity index (χ1n) is 9.54. The van der Waals surface area contributed by atoms with Gasteiger partial charge in [0.05, 0.1) is 12.4 Å². The Morgan fingerprint density at radius 3 is 2.42 bits per heavy atom. The zero-order valence-electron chi connectivity index (χ0n) is 17.1. The van der Waals surface area contributed by atoms with Crippen molar-refractivity contribution in [3.8, 4) is 5.75 Å². The van der Waals surface area contributed by atoms with Crippen molar-refractivity contribution in [3.63, 3.8) is 0 Å². The molecule has 9 heteroatoms. The lowest BCUT2D eigenvalue weighted by atomic mass is 9.94. The van der Waals surface area contributed by atoms with Gasteiger partial charge < -0.3 is 14.6 Å². The van der Waals surface area contributed by atoms with Gasteiger partial charge in [-0.2, -0.15) is 12.6 Å². The first-order valence-corrected chi connectivity index (χ1v) is 10.2. The lowest BCUT2D eigenvalue weighted by molar-refractivity contribution is -0.141. The number of ether oxygens (including phenoxy) is 2. The van der Waals surface area contributed by atoms with Crippen LogP contribution in [0.1, 0.15) is 42.3 Å². The molecule has 2 N–H and O–H groups in total. The molecule has 166 valence electrons. The average molecular weight is 450 g/mol. The molecule has 7 nitrogen and oxygen atoms in total. The number of benzene rings is 2. The monoisotopic (exact) mass is 449 g/mol. The fourth-order valence-corrected chi connectivity index (χ4v) is 2.91. The number of aromatic hydroxyl groups is 1. The number of Topliss-reactive ketones (excluding diaryl/α,β-unsaturated/α-hetero) is 1. The predicted octanol–water partition coefficient (Wildman–Crippen LogP) is 4.52. The predicted molar refractivity (Wildman–Crippen MR) is 116 cm³/mol. The van der Waals surface area contributed by atoms with Gasteiger partial charge in [0.2, 0.25) is 0 Å². The summed E-state index contributed by atoms with van der Waals surface area (Å²) in [5, 5.41) is 12.0. The number of thiol groups is 1. The Labute approximate surface area is 185 Å². The summed E-state index contributed by atoms with van der Waals surface area (Å²) in [4.78, 5) is 35.1. The number of hydrogen-bond donors (Lipinski definition) is 3. The summed E-state index contributed by atoms with van der Waals surface area (Å²) in [6.45, 7) is 3.28. The van der Waals surface area contributed by atoms with E-state index in [2.05, 4.69) is 17.9 Å². The van der Waals surface area contributed by atoms with Gasteiger partial charge in [0, 0.05) is 17.2 Å². The largest absolute Gasteiger partial charge is 0.505 e. The molecule has 0 aromatic heterocycles. The van der Waals surface area contributed by atoms with Crippen LogP contribution in [0.15, 0.2) is 42.5 Å². The Balaban J connectivity index is 2.12. The van der Waals surface area contributed by atoms with E-state index in [1.54, 1.807) is 31.2 Å². The van der Waals surface area contributed by atoms with Crippen molar-refractivity contribution in [2.75, 3.05) is 17.7 Å². The Morgan fingerprint density at radius 2 is 1.84 bits per heavy atom. The molecule has 0 spiro atoms. The molecule has 0 radical (unpaired) electrons. The number of esters is 1. The van der Waals surface area contributed by atoms with Crippen LogP contribution in [0.25, 0.3) is 0 Å². The SMILES string of the molecule is CC(=O)c1ccc(NC(=O)O[C@@H](c2ccc(O)c(F)c2)[C@H](C)CCOC(=O)CS)cc1. The summed E-state index contributed by atoms with van der Waals surface area (Å²) in [5.41, 5.74) is 1.26. The van der Waals surface area contributed by atoms with Crippen molar-refractivity contribution >= 4 is 36.2 Å². The van der Waals surface area contributed by atoms with Crippen molar-refractivity contribution in [2.24, 2.45) is 5.92 Å². The average Bonchev–Trinajstić information content (AvgIpc) is 2.74. The lowest BCUT2D eigenvalue weighted by Gasteiger charge is -2.25. The number of rotatable bonds is 9. The van der Waals surface area contributed by atoms with Crippen LogP contribution in [-0.4, -0.2) is 35.3 Å². The number of hydrogen-bond acceptors (Lipinski definition) is 7. The lowest BCUT2D eigenvalue weighted by Crippen LogP contribution is -2.23. The third-order valence-electron chi connectivity index (χ3n) is 4.55. The van der Waals surface area contributed by atoms with Crippen LogP contribution in [0, 0.1) is 11.7 Å². The van der Waals surface area contributed by atoms with Crippen LogP contribution in [0.3, 0.4) is 0 Å². The van der Waals surface area contributed by atoms with E-state index in [1.807, 2.05) is 0 Å². The minimum Gasteiger partial charge on any atom is -0.505 e. The summed E-state index contributed by atoms with van der Waals surface area (Å²) in [6, 6.07) is 9.99. The van der Waals surface area contributed by atoms with Gasteiger partial charge in [-0.25, -0.2) is 9.18 Å². The second-order valence-corrected chi connectivity index (χ2v) is 7.26. The van der Waals surface area contributed by atoms with Crippen LogP contribution in [0.2, 0.25) is 0 Å². The van der Waals surface area contributed by atoms with Crippen LogP contribution in [0.4, 0.5) is 14.9 Å². The summed E-state index contributed by atoms with van der Waals surface area (Å²) in [7, 11) is 0. The maximum absolute atomic E-state index is 13.9. The Kier molecular flexibility index (Phi) is 8.87. The number of amides is 1. The molecule has 1 amide bonds. The molecular formula is C22H24FNO6S. The van der Waals surface area contributed by atoms with Gasteiger partial charge in [0.1, 0.15) is 6.10 Å². The van der Waals surface area contributed by atoms with Gasteiger partial charge >= 0.3 is 12.1 Å². The van der Waals surface area contributed by atoms with Crippen LogP contribution in [0.5, 0.6) is 5.75 Å². The molecule has 2 atom stereocenters. The number of phenolic OH excluding ortho intramolecular Hbond substituents is 1.